The Labute approximate surface area is 167 Å². The second-order valence-electron chi connectivity index (χ2n) is 6.72. The van der Waals surface area contributed by atoms with Crippen LogP contribution in [0.15, 0.2) is 72.8 Å². The Kier molecular flexibility index (Phi) is 6.42. The van der Waals surface area contributed by atoms with Crippen molar-refractivity contribution in [1.29, 1.82) is 0 Å². The number of benzene rings is 3. The van der Waals surface area contributed by atoms with Crippen LogP contribution in [0.5, 0.6) is 0 Å². The molecule has 0 aliphatic rings. The van der Waals surface area contributed by atoms with Crippen molar-refractivity contribution in [2.24, 2.45) is 0 Å². The zero-order valence-electron chi connectivity index (χ0n) is 15.7. The first kappa shape index (κ1) is 21.1. The monoisotopic (exact) mass is 400 g/mol. The lowest BCUT2D eigenvalue weighted by molar-refractivity contribution is 0.0237. The van der Waals surface area contributed by atoms with E-state index in [1.54, 1.807) is 25.1 Å². The maximum Gasteiger partial charge on any atom is 0.634 e. The lowest BCUT2D eigenvalue weighted by Gasteiger charge is -2.42. The van der Waals surface area contributed by atoms with E-state index in [0.29, 0.717) is 12.0 Å². The van der Waals surface area contributed by atoms with E-state index in [1.165, 1.54) is 54.6 Å². The Morgan fingerprint density at radius 3 is 1.72 bits per heavy atom. The maximum absolute atomic E-state index is 14.1. The summed E-state index contributed by atoms with van der Waals surface area (Å²) in [5.41, 5.74) is -0.720. The summed E-state index contributed by atoms with van der Waals surface area (Å²) in [7, 11) is -2.25. The lowest BCUT2D eigenvalue weighted by Crippen LogP contribution is -2.43. The van der Waals surface area contributed by atoms with E-state index >= 15 is 0 Å². The first-order valence-electron chi connectivity index (χ1n) is 9.18. The molecular formula is C22H20BF3O3. The zero-order valence-corrected chi connectivity index (χ0v) is 15.7. The van der Waals surface area contributed by atoms with Crippen LogP contribution in [0, 0.1) is 17.5 Å². The molecule has 0 heterocycles. The van der Waals surface area contributed by atoms with Gasteiger partial charge in [-0.05, 0) is 59.5 Å². The van der Waals surface area contributed by atoms with Crippen LogP contribution in [-0.2, 0) is 10.3 Å². The highest BCUT2D eigenvalue weighted by atomic mass is 19.1. The van der Waals surface area contributed by atoms with Gasteiger partial charge in [0.1, 0.15) is 23.1 Å². The third-order valence-electron chi connectivity index (χ3n) is 4.95. The molecule has 0 aromatic heterocycles. The van der Waals surface area contributed by atoms with Gasteiger partial charge in [-0.2, -0.15) is 0 Å². The predicted molar refractivity (Wildman–Crippen MR) is 104 cm³/mol. The van der Waals surface area contributed by atoms with Gasteiger partial charge >= 0.3 is 7.32 Å². The van der Waals surface area contributed by atoms with Crippen molar-refractivity contribution in [1.82, 2.24) is 0 Å². The van der Waals surface area contributed by atoms with Gasteiger partial charge in [0.2, 0.25) is 0 Å². The molecule has 2 N–H and O–H groups in total. The van der Waals surface area contributed by atoms with Gasteiger partial charge < -0.3 is 14.7 Å². The number of hydrogen-bond acceptors (Lipinski definition) is 3. The van der Waals surface area contributed by atoms with Crippen LogP contribution < -0.4 is 0 Å². The first-order chi connectivity index (χ1) is 13.9. The molecule has 1 atom stereocenters. The van der Waals surface area contributed by atoms with Crippen LogP contribution in [-0.4, -0.2) is 17.4 Å². The second kappa shape index (κ2) is 8.82. The summed E-state index contributed by atoms with van der Waals surface area (Å²) < 4.78 is 47.9. The quantitative estimate of drug-likeness (QED) is 0.574. The smallest absolute Gasteiger partial charge is 0.402 e. The molecule has 0 spiro atoms. The van der Waals surface area contributed by atoms with Gasteiger partial charge in [-0.15, -0.1) is 0 Å². The average Bonchev–Trinajstić information content (AvgIpc) is 2.67. The van der Waals surface area contributed by atoms with E-state index in [2.05, 4.69) is 0 Å². The Balaban J connectivity index is 2.36. The van der Waals surface area contributed by atoms with Crippen LogP contribution in [0.2, 0.25) is 0 Å². The average molecular weight is 400 g/mol. The summed E-state index contributed by atoms with van der Waals surface area (Å²) in [5, 5.41) is 19.5. The number of hydrogen-bond donors (Lipinski definition) is 2. The molecule has 0 radical (unpaired) electrons. The van der Waals surface area contributed by atoms with Gasteiger partial charge in [0.05, 0.1) is 0 Å². The molecule has 3 aromatic carbocycles. The predicted octanol–water partition coefficient (Wildman–Crippen LogP) is 4.53. The Hall–Kier alpha value is -2.61. The molecule has 0 aliphatic carbocycles. The third-order valence-corrected chi connectivity index (χ3v) is 4.95. The summed E-state index contributed by atoms with van der Waals surface area (Å²) in [6.45, 7) is 1.80. The van der Waals surface area contributed by atoms with Gasteiger partial charge in [0, 0.05) is 5.92 Å². The van der Waals surface area contributed by atoms with E-state index < -0.39 is 36.3 Å². The van der Waals surface area contributed by atoms with E-state index in [1.807, 2.05) is 0 Å². The molecule has 3 nitrogen and oxygen atoms in total. The summed E-state index contributed by atoms with van der Waals surface area (Å²) in [6.07, 6.45) is 0.350. The second-order valence-corrected chi connectivity index (χ2v) is 6.72. The first-order valence-corrected chi connectivity index (χ1v) is 9.18. The van der Waals surface area contributed by atoms with Gasteiger partial charge in [-0.1, -0.05) is 43.3 Å². The highest BCUT2D eigenvalue weighted by Gasteiger charge is 2.46. The summed E-state index contributed by atoms with van der Waals surface area (Å²) >= 11 is 0. The molecule has 7 heteroatoms. The van der Waals surface area contributed by atoms with Crippen LogP contribution in [0.25, 0.3) is 0 Å². The van der Waals surface area contributed by atoms with Crippen molar-refractivity contribution in [3.05, 3.63) is 107 Å². The fourth-order valence-corrected chi connectivity index (χ4v) is 3.87. The Morgan fingerprint density at radius 1 is 0.828 bits per heavy atom. The summed E-state index contributed by atoms with van der Waals surface area (Å²) in [6, 6.07) is 16.6. The minimum atomic E-state index is -2.25. The van der Waals surface area contributed by atoms with E-state index in [-0.39, 0.29) is 11.1 Å². The van der Waals surface area contributed by atoms with Crippen molar-refractivity contribution in [2.45, 2.75) is 24.9 Å². The maximum atomic E-state index is 14.1. The zero-order chi connectivity index (χ0) is 21.0. The Morgan fingerprint density at radius 2 is 1.31 bits per heavy atom. The molecule has 1 unspecified atom stereocenters. The molecule has 150 valence electrons. The molecular weight excluding hydrogens is 380 g/mol. The van der Waals surface area contributed by atoms with Crippen LogP contribution in [0.4, 0.5) is 13.2 Å². The van der Waals surface area contributed by atoms with Crippen molar-refractivity contribution < 1.29 is 27.9 Å². The van der Waals surface area contributed by atoms with Gasteiger partial charge in [-0.25, -0.2) is 13.2 Å². The minimum Gasteiger partial charge on any atom is -0.402 e. The molecule has 0 amide bonds. The van der Waals surface area contributed by atoms with Gasteiger partial charge in [0.25, 0.3) is 0 Å². The van der Waals surface area contributed by atoms with Gasteiger partial charge in [0.15, 0.2) is 0 Å². The third kappa shape index (κ3) is 4.37. The molecule has 0 bridgehead atoms. The van der Waals surface area contributed by atoms with Crippen LogP contribution in [0.3, 0.4) is 0 Å². The van der Waals surface area contributed by atoms with Crippen molar-refractivity contribution in [3.8, 4) is 0 Å². The molecule has 3 aromatic rings. The lowest BCUT2D eigenvalue weighted by atomic mass is 9.70. The molecule has 0 fully saturated rings. The van der Waals surface area contributed by atoms with E-state index in [0.717, 1.165) is 0 Å². The van der Waals surface area contributed by atoms with Gasteiger partial charge in [-0.3, -0.25) is 0 Å². The fourth-order valence-electron chi connectivity index (χ4n) is 3.87. The topological polar surface area (TPSA) is 49.7 Å². The standard InChI is InChI=1S/C22H20BF3O3/c1-2-21(15-6-3-9-18(24)12-15)22(29-23(27)28,16-7-4-10-19(25)13-16)17-8-5-11-20(26)14-17/h3-14,21,27-28H,2H2,1H3. The van der Waals surface area contributed by atoms with E-state index in [4.69, 9.17) is 4.65 Å². The highest BCUT2D eigenvalue weighted by molar-refractivity contribution is 6.32. The molecule has 0 saturated carbocycles. The van der Waals surface area contributed by atoms with Crippen molar-refractivity contribution in [3.63, 3.8) is 0 Å². The van der Waals surface area contributed by atoms with Crippen molar-refractivity contribution >= 4 is 7.32 Å². The largest absolute Gasteiger partial charge is 0.634 e. The fraction of sp³-hybridized carbons (Fsp3) is 0.182. The highest BCUT2D eigenvalue weighted by Crippen LogP contribution is 2.48. The van der Waals surface area contributed by atoms with E-state index in [9.17, 15) is 23.2 Å². The van der Waals surface area contributed by atoms with Crippen LogP contribution >= 0.6 is 0 Å². The summed E-state index contributed by atoms with van der Waals surface area (Å²) in [4.78, 5) is 0. The Bertz CT molecular complexity index is 935. The minimum absolute atomic E-state index is 0.243. The normalized spacial score (nSPS) is 12.6. The van der Waals surface area contributed by atoms with Crippen LogP contribution in [0.1, 0.15) is 36.0 Å². The summed E-state index contributed by atoms with van der Waals surface area (Å²) in [5.74, 6) is -2.33. The molecule has 0 aliphatic heterocycles. The SMILES string of the molecule is CCC(c1cccc(F)c1)C(OB(O)O)(c1cccc(F)c1)c1cccc(F)c1. The molecule has 0 saturated heterocycles. The number of rotatable bonds is 7. The molecule has 3 rings (SSSR count). The number of halogens is 3. The molecule has 29 heavy (non-hydrogen) atoms. The van der Waals surface area contributed by atoms with Crippen molar-refractivity contribution in [2.75, 3.05) is 0 Å².